The Morgan fingerprint density at radius 2 is 1.83 bits per heavy atom. The van der Waals surface area contributed by atoms with Gasteiger partial charge in [-0.05, 0) is 24.1 Å². The number of aromatic nitrogens is 1. The second-order valence-corrected chi connectivity index (χ2v) is 8.01. The molecule has 144 valence electrons. The van der Waals surface area contributed by atoms with Crippen LogP contribution in [0, 0.1) is 0 Å². The number of hydrogen-bond acceptors (Lipinski definition) is 3. The maximum atomic E-state index is 12.9. The number of fused-ring (bicyclic) bond motifs is 9. The van der Waals surface area contributed by atoms with E-state index < -0.39 is 0 Å². The first-order valence-corrected chi connectivity index (χ1v) is 10.3. The van der Waals surface area contributed by atoms with E-state index in [4.69, 9.17) is 0 Å². The highest BCUT2D eigenvalue weighted by Crippen LogP contribution is 2.52. The van der Waals surface area contributed by atoms with Crippen LogP contribution in [-0.4, -0.2) is 16.4 Å². The van der Waals surface area contributed by atoms with Gasteiger partial charge in [-0.3, -0.25) is 14.9 Å². The summed E-state index contributed by atoms with van der Waals surface area (Å²) in [5.74, 6) is -0.574. The van der Waals surface area contributed by atoms with Crippen LogP contribution in [0.3, 0.4) is 0 Å². The summed E-state index contributed by atoms with van der Waals surface area (Å²) in [6, 6.07) is 16.5. The molecular formula is C24H21N3O2. The van der Waals surface area contributed by atoms with E-state index in [9.17, 15) is 9.59 Å². The first-order valence-electron chi connectivity index (χ1n) is 10.3. The third kappa shape index (κ3) is 2.05. The Hall–Kier alpha value is -3.34. The van der Waals surface area contributed by atoms with Gasteiger partial charge in [-0.15, -0.1) is 0 Å². The van der Waals surface area contributed by atoms with Crippen LogP contribution in [0.2, 0.25) is 0 Å². The summed E-state index contributed by atoms with van der Waals surface area (Å²) < 4.78 is 2.39. The predicted molar refractivity (Wildman–Crippen MR) is 112 cm³/mol. The van der Waals surface area contributed by atoms with Gasteiger partial charge in [-0.25, -0.2) is 0 Å². The highest BCUT2D eigenvalue weighted by Gasteiger charge is 2.49. The van der Waals surface area contributed by atoms with Gasteiger partial charge in [0.1, 0.15) is 5.70 Å². The van der Waals surface area contributed by atoms with Gasteiger partial charge in [-0.1, -0.05) is 49.7 Å². The Labute approximate surface area is 168 Å². The van der Waals surface area contributed by atoms with Gasteiger partial charge in [0.2, 0.25) is 0 Å². The molecule has 1 unspecified atom stereocenters. The SMILES string of the molecule is CCCCn1c2c(c3ccccc31)C1=C(C(=O)NC1=O)N1c3ccccc3CC21. The molecule has 1 N–H and O–H groups in total. The van der Waals surface area contributed by atoms with E-state index in [2.05, 4.69) is 46.0 Å². The number of nitrogens with zero attached hydrogens (tertiary/aromatic N) is 2. The molecule has 0 saturated carbocycles. The van der Waals surface area contributed by atoms with Crippen LogP contribution in [0.1, 0.15) is 42.6 Å². The summed E-state index contributed by atoms with van der Waals surface area (Å²) in [7, 11) is 0. The van der Waals surface area contributed by atoms with Gasteiger partial charge in [-0.2, -0.15) is 0 Å². The summed E-state index contributed by atoms with van der Waals surface area (Å²) in [4.78, 5) is 27.9. The molecule has 6 rings (SSSR count). The Bertz CT molecular complexity index is 1250. The van der Waals surface area contributed by atoms with Gasteiger partial charge in [0.05, 0.1) is 17.3 Å². The highest BCUT2D eigenvalue weighted by atomic mass is 16.2. The number of anilines is 1. The minimum absolute atomic E-state index is 0.0297. The van der Waals surface area contributed by atoms with E-state index in [-0.39, 0.29) is 17.9 Å². The first kappa shape index (κ1) is 16.6. The number of nitrogens with one attached hydrogen (secondary N) is 1. The molecule has 2 aromatic carbocycles. The van der Waals surface area contributed by atoms with Crippen molar-refractivity contribution in [2.75, 3.05) is 4.90 Å². The molecule has 0 bridgehead atoms. The second-order valence-electron chi connectivity index (χ2n) is 8.01. The number of para-hydroxylation sites is 2. The monoisotopic (exact) mass is 383 g/mol. The number of amides is 2. The summed E-state index contributed by atoms with van der Waals surface area (Å²) in [5.41, 5.74) is 6.55. The maximum absolute atomic E-state index is 12.9. The van der Waals surface area contributed by atoms with Gasteiger partial charge in [0.15, 0.2) is 0 Å². The van der Waals surface area contributed by atoms with Gasteiger partial charge in [0.25, 0.3) is 11.8 Å². The molecule has 2 amide bonds. The third-order valence-electron chi connectivity index (χ3n) is 6.44. The molecule has 3 aromatic rings. The van der Waals surface area contributed by atoms with Crippen molar-refractivity contribution in [2.24, 2.45) is 0 Å². The van der Waals surface area contributed by atoms with Crippen molar-refractivity contribution in [1.29, 1.82) is 0 Å². The lowest BCUT2D eigenvalue weighted by molar-refractivity contribution is -0.123. The fourth-order valence-corrected chi connectivity index (χ4v) is 5.28. The molecular weight excluding hydrogens is 362 g/mol. The molecule has 1 atom stereocenters. The number of unbranched alkanes of at least 4 members (excludes halogenated alkanes) is 1. The molecule has 5 heteroatoms. The minimum Gasteiger partial charge on any atom is -0.342 e. The number of carbonyl (C=O) groups excluding carboxylic acids is 2. The third-order valence-corrected chi connectivity index (χ3v) is 6.44. The minimum atomic E-state index is -0.289. The van der Waals surface area contributed by atoms with Crippen molar-refractivity contribution in [3.05, 3.63) is 71.0 Å². The van der Waals surface area contributed by atoms with Crippen molar-refractivity contribution in [3.8, 4) is 0 Å². The lowest BCUT2D eigenvalue weighted by Crippen LogP contribution is -2.34. The highest BCUT2D eigenvalue weighted by molar-refractivity contribution is 6.39. The number of hydrogen-bond donors (Lipinski definition) is 1. The molecule has 0 saturated heterocycles. The number of aryl methyl sites for hydroxylation is 1. The lowest BCUT2D eigenvalue weighted by atomic mass is 9.92. The van der Waals surface area contributed by atoms with Crippen LogP contribution in [0.15, 0.2) is 54.2 Å². The van der Waals surface area contributed by atoms with Gasteiger partial charge < -0.3 is 9.47 Å². The van der Waals surface area contributed by atoms with E-state index in [1.165, 1.54) is 11.3 Å². The predicted octanol–water partition coefficient (Wildman–Crippen LogP) is 3.93. The van der Waals surface area contributed by atoms with E-state index in [1.54, 1.807) is 0 Å². The Morgan fingerprint density at radius 1 is 1.03 bits per heavy atom. The van der Waals surface area contributed by atoms with Crippen molar-refractivity contribution in [1.82, 2.24) is 9.88 Å². The van der Waals surface area contributed by atoms with Crippen molar-refractivity contribution in [3.63, 3.8) is 0 Å². The van der Waals surface area contributed by atoms with E-state index in [0.717, 1.165) is 48.0 Å². The standard InChI is InChI=1S/C24H21N3O2/c1-2-3-12-26-17-11-7-5-9-15(17)19-20-22(24(29)25-23(20)28)27-16-10-6-4-8-14(16)13-18(27)21(19)26/h4-11,18H,2-3,12-13H2,1H3,(H,25,28,29). The number of rotatable bonds is 3. The van der Waals surface area contributed by atoms with Crippen molar-refractivity contribution < 1.29 is 9.59 Å². The topological polar surface area (TPSA) is 54.3 Å². The van der Waals surface area contributed by atoms with Gasteiger partial charge in [0, 0.05) is 35.1 Å². The fourth-order valence-electron chi connectivity index (χ4n) is 5.28. The van der Waals surface area contributed by atoms with Crippen LogP contribution in [0.5, 0.6) is 0 Å². The molecule has 1 aromatic heterocycles. The molecule has 29 heavy (non-hydrogen) atoms. The summed E-state index contributed by atoms with van der Waals surface area (Å²) in [6.45, 7) is 3.10. The Balaban J connectivity index is 1.72. The summed E-state index contributed by atoms with van der Waals surface area (Å²) in [5, 5.41) is 3.62. The van der Waals surface area contributed by atoms with Crippen molar-refractivity contribution >= 4 is 34.0 Å². The Kier molecular flexibility index (Phi) is 3.34. The van der Waals surface area contributed by atoms with Crippen LogP contribution < -0.4 is 10.2 Å². The quantitative estimate of drug-likeness (QED) is 0.698. The van der Waals surface area contributed by atoms with Crippen LogP contribution in [-0.2, 0) is 22.6 Å². The first-order chi connectivity index (χ1) is 14.2. The molecule has 4 heterocycles. The number of imide groups is 1. The molecule has 3 aliphatic heterocycles. The molecule has 3 aliphatic rings. The molecule has 0 spiro atoms. The fraction of sp³-hybridized carbons (Fsp3) is 0.250. The van der Waals surface area contributed by atoms with Crippen LogP contribution >= 0.6 is 0 Å². The van der Waals surface area contributed by atoms with E-state index in [0.29, 0.717) is 11.3 Å². The van der Waals surface area contributed by atoms with Crippen LogP contribution in [0.4, 0.5) is 5.69 Å². The lowest BCUT2D eigenvalue weighted by Gasteiger charge is -2.33. The molecule has 5 nitrogen and oxygen atoms in total. The summed E-state index contributed by atoms with van der Waals surface area (Å²) in [6.07, 6.45) is 3.01. The zero-order chi connectivity index (χ0) is 19.7. The van der Waals surface area contributed by atoms with Crippen LogP contribution in [0.25, 0.3) is 16.5 Å². The number of carbonyl (C=O) groups is 2. The molecule has 0 aliphatic carbocycles. The van der Waals surface area contributed by atoms with E-state index in [1.807, 2.05) is 24.3 Å². The van der Waals surface area contributed by atoms with E-state index >= 15 is 0 Å². The number of benzene rings is 2. The zero-order valence-electron chi connectivity index (χ0n) is 16.2. The maximum Gasteiger partial charge on any atom is 0.275 e. The zero-order valence-corrected chi connectivity index (χ0v) is 16.2. The smallest absolute Gasteiger partial charge is 0.275 e. The molecule has 0 fully saturated rings. The van der Waals surface area contributed by atoms with Gasteiger partial charge >= 0.3 is 0 Å². The average molecular weight is 383 g/mol. The normalized spacial score (nSPS) is 19.3. The van der Waals surface area contributed by atoms with Crippen molar-refractivity contribution in [2.45, 2.75) is 38.8 Å². The summed E-state index contributed by atoms with van der Waals surface area (Å²) >= 11 is 0. The largest absolute Gasteiger partial charge is 0.342 e. The Morgan fingerprint density at radius 3 is 2.69 bits per heavy atom. The second kappa shape index (κ2) is 5.83. The molecule has 0 radical (unpaired) electrons. The average Bonchev–Trinajstić information content (AvgIpc) is 3.36.